The maximum absolute atomic E-state index is 12.8. The third-order valence-corrected chi connectivity index (χ3v) is 2.20. The fourth-order valence-corrected chi connectivity index (χ4v) is 1.48. The van der Waals surface area contributed by atoms with Gasteiger partial charge in [-0.25, -0.2) is 14.0 Å². The molecule has 2 rings (SSSR count). The van der Waals surface area contributed by atoms with E-state index in [1.165, 1.54) is 6.07 Å². The van der Waals surface area contributed by atoms with Crippen LogP contribution in [0.4, 0.5) is 19.7 Å². The molecular formula is C9H7FN2O4. The number of aliphatic hydroxyl groups excluding tert-OH is 1. The van der Waals surface area contributed by atoms with Crippen LogP contribution in [0, 0.1) is 5.82 Å². The summed E-state index contributed by atoms with van der Waals surface area (Å²) < 4.78 is 12.8. The van der Waals surface area contributed by atoms with E-state index in [0.717, 1.165) is 12.1 Å². The first-order chi connectivity index (χ1) is 7.50. The van der Waals surface area contributed by atoms with Gasteiger partial charge in [0.15, 0.2) is 6.23 Å². The molecule has 7 heteroatoms. The lowest BCUT2D eigenvalue weighted by molar-refractivity contribution is 0.0348. The highest BCUT2D eigenvalue weighted by Crippen LogP contribution is 2.31. The number of carbonyl (C=O) groups excluding carboxylic acids is 1. The molecule has 16 heavy (non-hydrogen) atoms. The molecule has 0 saturated heterocycles. The summed E-state index contributed by atoms with van der Waals surface area (Å²) in [7, 11) is 0. The van der Waals surface area contributed by atoms with Crippen LogP contribution in [-0.4, -0.2) is 27.2 Å². The second kappa shape index (κ2) is 3.46. The van der Waals surface area contributed by atoms with Gasteiger partial charge >= 0.3 is 12.1 Å². The highest BCUT2D eigenvalue weighted by Gasteiger charge is 2.35. The fourth-order valence-electron chi connectivity index (χ4n) is 1.48. The largest absolute Gasteiger partial charge is 0.464 e. The van der Waals surface area contributed by atoms with Gasteiger partial charge in [0, 0.05) is 5.56 Å². The molecule has 0 bridgehead atoms. The zero-order valence-electron chi connectivity index (χ0n) is 7.85. The molecule has 0 radical (unpaired) electrons. The van der Waals surface area contributed by atoms with E-state index in [9.17, 15) is 19.1 Å². The third kappa shape index (κ3) is 1.47. The minimum atomic E-state index is -1.62. The smallest absolute Gasteiger partial charge is 0.417 e. The van der Waals surface area contributed by atoms with Gasteiger partial charge in [-0.05, 0) is 18.2 Å². The van der Waals surface area contributed by atoms with Crippen LogP contribution in [0.1, 0.15) is 11.8 Å². The Hall–Kier alpha value is -2.15. The number of urea groups is 1. The van der Waals surface area contributed by atoms with E-state index in [2.05, 4.69) is 5.32 Å². The van der Waals surface area contributed by atoms with Crippen molar-refractivity contribution in [3.05, 3.63) is 29.6 Å². The number of carboxylic acid groups (broad SMARTS) is 1. The summed E-state index contributed by atoms with van der Waals surface area (Å²) in [5.41, 5.74) is 0.193. The summed E-state index contributed by atoms with van der Waals surface area (Å²) >= 11 is 0. The van der Waals surface area contributed by atoms with Gasteiger partial charge in [-0.15, -0.1) is 0 Å². The quantitative estimate of drug-likeness (QED) is 0.622. The van der Waals surface area contributed by atoms with E-state index >= 15 is 0 Å². The Balaban J connectivity index is 2.49. The van der Waals surface area contributed by atoms with Crippen molar-refractivity contribution in [2.45, 2.75) is 6.23 Å². The first-order valence-corrected chi connectivity index (χ1v) is 4.31. The van der Waals surface area contributed by atoms with Crippen molar-refractivity contribution in [1.82, 2.24) is 4.90 Å². The molecular weight excluding hydrogens is 219 g/mol. The molecule has 1 unspecified atom stereocenters. The number of amides is 3. The number of hydrogen-bond acceptors (Lipinski definition) is 3. The minimum absolute atomic E-state index is 0.0648. The predicted molar refractivity (Wildman–Crippen MR) is 50.2 cm³/mol. The zero-order chi connectivity index (χ0) is 11.9. The van der Waals surface area contributed by atoms with Gasteiger partial charge in [0.05, 0.1) is 5.69 Å². The lowest BCUT2D eigenvalue weighted by Crippen LogP contribution is -2.45. The van der Waals surface area contributed by atoms with Crippen LogP contribution in [0.15, 0.2) is 18.2 Å². The Morgan fingerprint density at radius 3 is 2.81 bits per heavy atom. The molecule has 1 aromatic rings. The van der Waals surface area contributed by atoms with E-state index in [1.54, 1.807) is 0 Å². The standard InChI is InChI=1S/C9H7FN2O4/c10-4-1-2-5-6(3-4)11-8(14)12(7(5)13)9(15)16/h1-3,7,13H,(H,11,14)(H,15,16). The average Bonchev–Trinajstić information content (AvgIpc) is 2.15. The molecule has 0 aromatic heterocycles. The van der Waals surface area contributed by atoms with Gasteiger partial charge in [0.25, 0.3) is 0 Å². The third-order valence-electron chi connectivity index (χ3n) is 2.20. The van der Waals surface area contributed by atoms with Gasteiger partial charge < -0.3 is 15.5 Å². The number of fused-ring (bicyclic) bond motifs is 1. The summed E-state index contributed by atoms with van der Waals surface area (Å²) in [6.07, 6.45) is -3.21. The van der Waals surface area contributed by atoms with E-state index in [1.807, 2.05) is 0 Å². The number of halogens is 1. The SMILES string of the molecule is O=C(O)N1C(=O)Nc2cc(F)ccc2C1O. The first kappa shape index (κ1) is 10.4. The Morgan fingerprint density at radius 1 is 1.50 bits per heavy atom. The number of nitrogens with one attached hydrogen (secondary N) is 1. The van der Waals surface area contributed by atoms with Crippen molar-refractivity contribution in [1.29, 1.82) is 0 Å². The zero-order valence-corrected chi connectivity index (χ0v) is 7.85. The van der Waals surface area contributed by atoms with E-state index in [-0.39, 0.29) is 16.2 Å². The van der Waals surface area contributed by atoms with Crippen molar-refractivity contribution in [3.63, 3.8) is 0 Å². The molecule has 1 aliphatic heterocycles. The Morgan fingerprint density at radius 2 is 2.19 bits per heavy atom. The number of hydrogen-bond donors (Lipinski definition) is 3. The molecule has 6 nitrogen and oxygen atoms in total. The molecule has 0 fully saturated rings. The van der Waals surface area contributed by atoms with Crippen molar-refractivity contribution in [3.8, 4) is 0 Å². The highest BCUT2D eigenvalue weighted by atomic mass is 19.1. The number of anilines is 1. The Bertz CT molecular complexity index is 477. The maximum Gasteiger partial charge on any atom is 0.417 e. The van der Waals surface area contributed by atoms with Crippen LogP contribution in [-0.2, 0) is 0 Å². The van der Waals surface area contributed by atoms with Crippen LogP contribution >= 0.6 is 0 Å². The highest BCUT2D eigenvalue weighted by molar-refractivity contribution is 6.01. The molecule has 0 aliphatic carbocycles. The number of benzene rings is 1. The number of aliphatic hydroxyl groups is 1. The summed E-state index contributed by atoms with van der Waals surface area (Å²) in [4.78, 5) is 22.2. The lowest BCUT2D eigenvalue weighted by Gasteiger charge is -2.30. The van der Waals surface area contributed by atoms with Gasteiger partial charge in [-0.2, -0.15) is 4.90 Å². The van der Waals surface area contributed by atoms with Gasteiger partial charge in [0.2, 0.25) is 0 Å². The molecule has 1 atom stereocenters. The number of rotatable bonds is 0. The summed E-state index contributed by atoms with van der Waals surface area (Å²) in [6, 6.07) is 2.28. The maximum atomic E-state index is 12.8. The van der Waals surface area contributed by atoms with Gasteiger partial charge in [0.1, 0.15) is 5.82 Å². The molecule has 1 aromatic carbocycles. The topological polar surface area (TPSA) is 89.9 Å². The Labute approximate surface area is 88.9 Å². The number of nitrogens with zero attached hydrogens (tertiary/aromatic N) is 1. The number of carbonyl (C=O) groups is 2. The van der Waals surface area contributed by atoms with Crippen molar-refractivity contribution >= 4 is 17.8 Å². The van der Waals surface area contributed by atoms with Crippen LogP contribution in [0.3, 0.4) is 0 Å². The molecule has 3 amide bonds. The first-order valence-electron chi connectivity index (χ1n) is 4.31. The fraction of sp³-hybridized carbons (Fsp3) is 0.111. The van der Waals surface area contributed by atoms with Crippen LogP contribution < -0.4 is 5.32 Å². The monoisotopic (exact) mass is 226 g/mol. The average molecular weight is 226 g/mol. The summed E-state index contributed by atoms with van der Waals surface area (Å²) in [5, 5.41) is 20.5. The molecule has 84 valence electrons. The Kier molecular flexibility index (Phi) is 2.24. The van der Waals surface area contributed by atoms with Gasteiger partial charge in [-0.3, -0.25) is 0 Å². The summed E-state index contributed by atoms with van der Waals surface area (Å²) in [6.45, 7) is 0. The van der Waals surface area contributed by atoms with Crippen LogP contribution in [0.25, 0.3) is 0 Å². The molecule has 1 heterocycles. The second-order valence-electron chi connectivity index (χ2n) is 3.19. The molecule has 0 spiro atoms. The van der Waals surface area contributed by atoms with E-state index in [0.29, 0.717) is 0 Å². The van der Waals surface area contributed by atoms with Crippen LogP contribution in [0.5, 0.6) is 0 Å². The molecule has 1 aliphatic rings. The normalized spacial score (nSPS) is 19.0. The second-order valence-corrected chi connectivity index (χ2v) is 3.19. The van der Waals surface area contributed by atoms with E-state index < -0.39 is 24.2 Å². The minimum Gasteiger partial charge on any atom is -0.464 e. The van der Waals surface area contributed by atoms with Crippen molar-refractivity contribution < 1.29 is 24.2 Å². The molecule has 3 N–H and O–H groups in total. The van der Waals surface area contributed by atoms with Crippen LogP contribution in [0.2, 0.25) is 0 Å². The summed E-state index contributed by atoms with van der Waals surface area (Å²) in [5.74, 6) is -0.588. The predicted octanol–water partition coefficient (Wildman–Crippen LogP) is 1.34. The van der Waals surface area contributed by atoms with E-state index in [4.69, 9.17) is 5.11 Å². The van der Waals surface area contributed by atoms with Crippen molar-refractivity contribution in [2.75, 3.05) is 5.32 Å². The lowest BCUT2D eigenvalue weighted by atomic mass is 10.1. The van der Waals surface area contributed by atoms with Crippen molar-refractivity contribution in [2.24, 2.45) is 0 Å². The van der Waals surface area contributed by atoms with Gasteiger partial charge in [-0.1, -0.05) is 0 Å². The number of imide groups is 1. The molecule has 0 saturated carbocycles.